The van der Waals surface area contributed by atoms with Gasteiger partial charge in [-0.3, -0.25) is 4.79 Å². The monoisotopic (exact) mass is 194 g/mol. The number of hydrogen-bond donors (Lipinski definition) is 1. The molecule has 1 amide bonds. The maximum absolute atomic E-state index is 11.2. The van der Waals surface area contributed by atoms with Crippen molar-refractivity contribution in [2.45, 2.75) is 12.8 Å². The summed E-state index contributed by atoms with van der Waals surface area (Å²) in [5.74, 6) is -0.0198. The summed E-state index contributed by atoms with van der Waals surface area (Å²) in [6.07, 6.45) is 0.782. The molecule has 1 aromatic rings. The number of nitrogens with zero attached hydrogens (tertiary/aromatic N) is 1. The Hall–Kier alpha value is -1.34. The molecule has 0 aliphatic carbocycles. The molecule has 68 valence electrons. The van der Waals surface area contributed by atoms with Gasteiger partial charge in [-0.25, -0.2) is 0 Å². The van der Waals surface area contributed by atoms with E-state index in [1.54, 1.807) is 11.3 Å². The Bertz CT molecular complexity index is 300. The summed E-state index contributed by atoms with van der Waals surface area (Å²) in [7, 11) is 0. The lowest BCUT2D eigenvalue weighted by Gasteiger charge is -1.99. The van der Waals surface area contributed by atoms with Crippen molar-refractivity contribution in [3.8, 4) is 6.07 Å². The summed E-state index contributed by atoms with van der Waals surface area (Å²) in [4.78, 5) is 11.2. The topological polar surface area (TPSA) is 52.9 Å². The fourth-order valence-corrected chi connectivity index (χ4v) is 1.57. The van der Waals surface area contributed by atoms with Crippen LogP contribution in [0.3, 0.4) is 0 Å². The number of amides is 1. The van der Waals surface area contributed by atoms with Gasteiger partial charge in [-0.05, 0) is 22.4 Å². The molecule has 4 heteroatoms. The predicted molar refractivity (Wildman–Crippen MR) is 51.3 cm³/mol. The van der Waals surface area contributed by atoms with E-state index in [2.05, 4.69) is 5.32 Å². The molecule has 0 spiro atoms. The van der Waals surface area contributed by atoms with Crippen LogP contribution in [0.25, 0.3) is 0 Å². The second kappa shape index (κ2) is 5.33. The summed E-state index contributed by atoms with van der Waals surface area (Å²) < 4.78 is 0. The number of thiophene rings is 1. The van der Waals surface area contributed by atoms with Crippen LogP contribution in [0.4, 0.5) is 0 Å². The normalized spacial score (nSPS) is 9.15. The van der Waals surface area contributed by atoms with E-state index in [0.29, 0.717) is 19.4 Å². The third-order valence-corrected chi connectivity index (χ3v) is 2.24. The molecule has 0 aliphatic heterocycles. The Labute approximate surface area is 81.0 Å². The zero-order valence-electron chi connectivity index (χ0n) is 7.12. The lowest BCUT2D eigenvalue weighted by molar-refractivity contribution is -0.120. The molecule has 13 heavy (non-hydrogen) atoms. The molecule has 0 fully saturated rings. The lowest BCUT2D eigenvalue weighted by Crippen LogP contribution is -2.25. The molecule has 0 aromatic carbocycles. The van der Waals surface area contributed by atoms with Crippen molar-refractivity contribution < 1.29 is 4.79 Å². The minimum Gasteiger partial charge on any atom is -0.355 e. The first-order valence-electron chi connectivity index (χ1n) is 3.97. The van der Waals surface area contributed by atoms with Crippen LogP contribution in [-0.2, 0) is 11.2 Å². The molecular weight excluding hydrogens is 184 g/mol. The standard InChI is InChI=1S/C9H10N2OS/c10-3-1-4-11-9(12)6-8-2-5-13-7-8/h2,5,7H,1,4,6H2,(H,11,12). The summed E-state index contributed by atoms with van der Waals surface area (Å²) in [5.41, 5.74) is 1.03. The average molecular weight is 194 g/mol. The van der Waals surface area contributed by atoms with Crippen molar-refractivity contribution in [2.75, 3.05) is 6.54 Å². The van der Waals surface area contributed by atoms with Crippen LogP contribution in [0.5, 0.6) is 0 Å². The highest BCUT2D eigenvalue weighted by atomic mass is 32.1. The number of nitrogens with one attached hydrogen (secondary N) is 1. The summed E-state index contributed by atoms with van der Waals surface area (Å²) in [5, 5.41) is 14.8. The molecule has 1 rings (SSSR count). The Morgan fingerprint density at radius 3 is 3.15 bits per heavy atom. The van der Waals surface area contributed by atoms with Gasteiger partial charge in [0.25, 0.3) is 0 Å². The molecule has 1 N–H and O–H groups in total. The van der Waals surface area contributed by atoms with Crippen LogP contribution in [0.2, 0.25) is 0 Å². The van der Waals surface area contributed by atoms with E-state index in [4.69, 9.17) is 5.26 Å². The minimum atomic E-state index is -0.0198. The second-order valence-corrected chi connectivity index (χ2v) is 3.35. The zero-order chi connectivity index (χ0) is 9.52. The van der Waals surface area contributed by atoms with Crippen LogP contribution in [0.1, 0.15) is 12.0 Å². The highest BCUT2D eigenvalue weighted by Gasteiger charge is 2.01. The number of carbonyl (C=O) groups is 1. The van der Waals surface area contributed by atoms with Crippen molar-refractivity contribution in [1.82, 2.24) is 5.32 Å². The summed E-state index contributed by atoms with van der Waals surface area (Å²) >= 11 is 1.58. The van der Waals surface area contributed by atoms with Crippen molar-refractivity contribution in [3.05, 3.63) is 22.4 Å². The maximum Gasteiger partial charge on any atom is 0.224 e. The van der Waals surface area contributed by atoms with Crippen LogP contribution in [0, 0.1) is 11.3 Å². The molecule has 0 atom stereocenters. The summed E-state index contributed by atoms with van der Waals surface area (Å²) in [6.45, 7) is 0.444. The molecule has 1 aromatic heterocycles. The van der Waals surface area contributed by atoms with E-state index in [9.17, 15) is 4.79 Å². The van der Waals surface area contributed by atoms with Crippen LogP contribution >= 0.6 is 11.3 Å². The van der Waals surface area contributed by atoms with Gasteiger partial charge in [0, 0.05) is 6.54 Å². The minimum absolute atomic E-state index is 0.0198. The van der Waals surface area contributed by atoms with E-state index in [1.807, 2.05) is 22.9 Å². The molecule has 0 aliphatic rings. The molecule has 3 nitrogen and oxygen atoms in total. The predicted octanol–water partition coefficient (Wildman–Crippen LogP) is 1.32. The van der Waals surface area contributed by atoms with Gasteiger partial charge >= 0.3 is 0 Å². The fourth-order valence-electron chi connectivity index (χ4n) is 0.899. The van der Waals surface area contributed by atoms with Crippen LogP contribution in [0.15, 0.2) is 16.8 Å². The van der Waals surface area contributed by atoms with Crippen molar-refractivity contribution in [2.24, 2.45) is 0 Å². The quantitative estimate of drug-likeness (QED) is 0.735. The summed E-state index contributed by atoms with van der Waals surface area (Å²) in [6, 6.07) is 3.89. The molecular formula is C9H10N2OS. The number of nitriles is 1. The van der Waals surface area contributed by atoms with Crippen molar-refractivity contribution in [1.29, 1.82) is 5.26 Å². The smallest absolute Gasteiger partial charge is 0.224 e. The van der Waals surface area contributed by atoms with E-state index in [1.165, 1.54) is 0 Å². The van der Waals surface area contributed by atoms with Gasteiger partial charge < -0.3 is 5.32 Å². The van der Waals surface area contributed by atoms with Crippen LogP contribution < -0.4 is 5.32 Å². The largest absolute Gasteiger partial charge is 0.355 e. The van der Waals surface area contributed by atoms with E-state index >= 15 is 0 Å². The van der Waals surface area contributed by atoms with E-state index in [-0.39, 0.29) is 5.91 Å². The van der Waals surface area contributed by atoms with Crippen molar-refractivity contribution in [3.63, 3.8) is 0 Å². The Morgan fingerprint density at radius 2 is 2.54 bits per heavy atom. The number of hydrogen-bond acceptors (Lipinski definition) is 3. The highest BCUT2D eigenvalue weighted by Crippen LogP contribution is 2.05. The number of rotatable bonds is 4. The molecule has 1 heterocycles. The second-order valence-electron chi connectivity index (χ2n) is 2.57. The first-order valence-corrected chi connectivity index (χ1v) is 4.92. The first-order chi connectivity index (χ1) is 6.33. The van der Waals surface area contributed by atoms with Gasteiger partial charge in [-0.1, -0.05) is 0 Å². The molecule has 0 saturated heterocycles. The zero-order valence-corrected chi connectivity index (χ0v) is 7.93. The molecule has 0 saturated carbocycles. The maximum atomic E-state index is 11.2. The third kappa shape index (κ3) is 3.72. The lowest BCUT2D eigenvalue weighted by atomic mass is 10.2. The third-order valence-electron chi connectivity index (χ3n) is 1.50. The molecule has 0 bridgehead atoms. The van der Waals surface area contributed by atoms with Gasteiger partial charge in [0.2, 0.25) is 5.91 Å². The Balaban J connectivity index is 2.23. The van der Waals surface area contributed by atoms with Gasteiger partial charge in [-0.15, -0.1) is 0 Å². The van der Waals surface area contributed by atoms with Crippen LogP contribution in [-0.4, -0.2) is 12.5 Å². The van der Waals surface area contributed by atoms with Crippen molar-refractivity contribution >= 4 is 17.2 Å². The van der Waals surface area contributed by atoms with E-state index < -0.39 is 0 Å². The average Bonchev–Trinajstić information content (AvgIpc) is 2.57. The van der Waals surface area contributed by atoms with Gasteiger partial charge in [0.05, 0.1) is 18.9 Å². The highest BCUT2D eigenvalue weighted by molar-refractivity contribution is 7.07. The first kappa shape index (κ1) is 9.75. The van der Waals surface area contributed by atoms with E-state index in [0.717, 1.165) is 5.56 Å². The Kier molecular flexibility index (Phi) is 4.00. The number of carbonyl (C=O) groups excluding carboxylic acids is 1. The SMILES string of the molecule is N#CCCNC(=O)Cc1ccsc1. The fraction of sp³-hybridized carbons (Fsp3) is 0.333. The van der Waals surface area contributed by atoms with Gasteiger partial charge in [-0.2, -0.15) is 16.6 Å². The van der Waals surface area contributed by atoms with Gasteiger partial charge in [0.1, 0.15) is 0 Å². The Morgan fingerprint density at radius 1 is 1.69 bits per heavy atom. The molecule has 0 unspecified atom stereocenters. The van der Waals surface area contributed by atoms with Gasteiger partial charge in [0.15, 0.2) is 0 Å². The molecule has 0 radical (unpaired) electrons.